The van der Waals surface area contributed by atoms with Gasteiger partial charge in [0.1, 0.15) is 6.04 Å². The molecule has 1 aromatic rings. The number of nitrogens with two attached hydrogens (primary N) is 1. The summed E-state index contributed by atoms with van der Waals surface area (Å²) in [5.41, 5.74) is 5.14. The first-order chi connectivity index (χ1) is 7.08. The van der Waals surface area contributed by atoms with Gasteiger partial charge in [0.05, 0.1) is 0 Å². The molecule has 1 heterocycles. The highest BCUT2D eigenvalue weighted by Gasteiger charge is 2.53. The molecule has 2 rings (SSSR count). The van der Waals surface area contributed by atoms with Gasteiger partial charge in [-0.25, -0.2) is 4.98 Å². The van der Waals surface area contributed by atoms with Crippen molar-refractivity contribution in [3.63, 3.8) is 0 Å². The minimum absolute atomic E-state index is 0.319. The van der Waals surface area contributed by atoms with Crippen LogP contribution in [0.15, 0.2) is 18.3 Å². The summed E-state index contributed by atoms with van der Waals surface area (Å²) < 4.78 is 13.4. The number of rotatable bonds is 3. The summed E-state index contributed by atoms with van der Waals surface area (Å²) >= 11 is 0. The van der Waals surface area contributed by atoms with Crippen molar-refractivity contribution in [2.75, 3.05) is 0 Å². The van der Waals surface area contributed by atoms with Gasteiger partial charge in [0, 0.05) is 17.2 Å². The average molecular weight is 210 g/mol. The second-order valence-electron chi connectivity index (χ2n) is 3.81. The highest BCUT2D eigenvalue weighted by atomic mass is 19.1. The molecular formula is C10H11FN2O2. The van der Waals surface area contributed by atoms with E-state index in [2.05, 4.69) is 4.98 Å². The number of aliphatic carboxylic acids is 1. The van der Waals surface area contributed by atoms with Gasteiger partial charge in [-0.1, -0.05) is 6.07 Å². The monoisotopic (exact) mass is 210 g/mol. The van der Waals surface area contributed by atoms with Gasteiger partial charge in [-0.2, -0.15) is 4.39 Å². The molecule has 0 bridgehead atoms. The Bertz CT molecular complexity index is 404. The van der Waals surface area contributed by atoms with Crippen molar-refractivity contribution in [1.29, 1.82) is 0 Å². The first-order valence-electron chi connectivity index (χ1n) is 4.67. The molecule has 4 nitrogen and oxygen atoms in total. The van der Waals surface area contributed by atoms with Crippen molar-refractivity contribution in [3.05, 3.63) is 29.8 Å². The number of nitrogens with zero attached hydrogens (tertiary/aromatic N) is 1. The quantitative estimate of drug-likeness (QED) is 0.719. The third kappa shape index (κ3) is 1.48. The molecule has 0 amide bonds. The summed E-state index contributed by atoms with van der Waals surface area (Å²) in [6.45, 7) is 0. The van der Waals surface area contributed by atoms with Gasteiger partial charge in [0.2, 0.25) is 5.95 Å². The molecule has 1 aliphatic carbocycles. The lowest BCUT2D eigenvalue weighted by molar-refractivity contribution is -0.139. The van der Waals surface area contributed by atoms with Gasteiger partial charge in [0.15, 0.2) is 0 Å². The molecule has 1 unspecified atom stereocenters. The zero-order chi connectivity index (χ0) is 11.1. The Morgan fingerprint density at radius 3 is 2.80 bits per heavy atom. The van der Waals surface area contributed by atoms with Crippen LogP contribution < -0.4 is 5.73 Å². The van der Waals surface area contributed by atoms with E-state index in [0.717, 1.165) is 0 Å². The molecule has 1 atom stereocenters. The van der Waals surface area contributed by atoms with Crippen LogP contribution in [-0.2, 0) is 10.2 Å². The maximum atomic E-state index is 13.4. The Morgan fingerprint density at radius 2 is 2.33 bits per heavy atom. The number of carboxylic acid groups (broad SMARTS) is 1. The minimum atomic E-state index is -1.10. The normalized spacial score (nSPS) is 19.6. The Kier molecular flexibility index (Phi) is 2.19. The number of hydrogen-bond donors (Lipinski definition) is 2. The van der Waals surface area contributed by atoms with Gasteiger partial charge < -0.3 is 10.8 Å². The zero-order valence-electron chi connectivity index (χ0n) is 7.98. The van der Waals surface area contributed by atoms with Crippen molar-refractivity contribution in [1.82, 2.24) is 4.98 Å². The van der Waals surface area contributed by atoms with Crippen LogP contribution in [0.25, 0.3) is 0 Å². The van der Waals surface area contributed by atoms with Crippen molar-refractivity contribution < 1.29 is 14.3 Å². The second kappa shape index (κ2) is 3.27. The zero-order valence-corrected chi connectivity index (χ0v) is 7.98. The first-order valence-corrected chi connectivity index (χ1v) is 4.67. The predicted octanol–water partition coefficient (Wildman–Crippen LogP) is 0.664. The molecule has 3 N–H and O–H groups in total. The highest BCUT2D eigenvalue weighted by molar-refractivity contribution is 5.76. The van der Waals surface area contributed by atoms with Crippen LogP contribution in [0.1, 0.15) is 18.4 Å². The van der Waals surface area contributed by atoms with E-state index in [1.165, 1.54) is 6.20 Å². The maximum absolute atomic E-state index is 13.4. The Labute approximate surface area is 85.9 Å². The fraction of sp³-hybridized carbons (Fsp3) is 0.400. The van der Waals surface area contributed by atoms with Gasteiger partial charge in [-0.15, -0.1) is 0 Å². The summed E-state index contributed by atoms with van der Waals surface area (Å²) in [4.78, 5) is 14.3. The molecule has 1 saturated carbocycles. The number of pyridine rings is 1. The third-order valence-electron chi connectivity index (χ3n) is 2.95. The lowest BCUT2D eigenvalue weighted by Crippen LogP contribution is -2.42. The van der Waals surface area contributed by atoms with Gasteiger partial charge in [0.25, 0.3) is 0 Å². The SMILES string of the molecule is NC(C(=O)O)C1(c2cccnc2F)CC1. The second-order valence-corrected chi connectivity index (χ2v) is 3.81. The summed E-state index contributed by atoms with van der Waals surface area (Å²) in [6.07, 6.45) is 2.54. The van der Waals surface area contributed by atoms with Crippen molar-refractivity contribution in [3.8, 4) is 0 Å². The van der Waals surface area contributed by atoms with E-state index in [9.17, 15) is 9.18 Å². The number of carbonyl (C=O) groups is 1. The molecule has 15 heavy (non-hydrogen) atoms. The van der Waals surface area contributed by atoms with Crippen molar-refractivity contribution >= 4 is 5.97 Å². The molecule has 0 aromatic carbocycles. The molecule has 0 radical (unpaired) electrons. The molecule has 0 saturated heterocycles. The molecule has 1 fully saturated rings. The summed E-state index contributed by atoms with van der Waals surface area (Å²) in [5, 5.41) is 8.84. The Hall–Kier alpha value is -1.49. The molecule has 0 spiro atoms. The highest BCUT2D eigenvalue weighted by Crippen LogP contribution is 2.50. The van der Waals surface area contributed by atoms with E-state index in [1.54, 1.807) is 12.1 Å². The van der Waals surface area contributed by atoms with Gasteiger partial charge >= 0.3 is 5.97 Å². The largest absolute Gasteiger partial charge is 0.480 e. The maximum Gasteiger partial charge on any atom is 0.321 e. The minimum Gasteiger partial charge on any atom is -0.480 e. The van der Waals surface area contributed by atoms with E-state index in [-0.39, 0.29) is 0 Å². The van der Waals surface area contributed by atoms with Crippen LogP contribution in [0.3, 0.4) is 0 Å². The van der Waals surface area contributed by atoms with Crippen LogP contribution >= 0.6 is 0 Å². The summed E-state index contributed by atoms with van der Waals surface area (Å²) in [5.74, 6) is -1.72. The standard InChI is InChI=1S/C10H11FN2O2/c11-8-6(2-1-5-13-8)10(3-4-10)7(12)9(14)15/h1-2,5,7H,3-4,12H2,(H,14,15). The van der Waals surface area contributed by atoms with Crippen LogP contribution in [0.5, 0.6) is 0 Å². The van der Waals surface area contributed by atoms with E-state index in [1.807, 2.05) is 0 Å². The first kappa shape index (κ1) is 10.0. The Balaban J connectivity index is 2.39. The van der Waals surface area contributed by atoms with Crippen LogP contribution in [-0.4, -0.2) is 22.1 Å². The van der Waals surface area contributed by atoms with E-state index < -0.39 is 23.4 Å². The van der Waals surface area contributed by atoms with E-state index >= 15 is 0 Å². The lowest BCUT2D eigenvalue weighted by Gasteiger charge is -2.19. The van der Waals surface area contributed by atoms with Gasteiger partial charge in [-0.05, 0) is 18.9 Å². The molecule has 1 aromatic heterocycles. The van der Waals surface area contributed by atoms with E-state index in [0.29, 0.717) is 18.4 Å². The van der Waals surface area contributed by atoms with Crippen molar-refractivity contribution in [2.24, 2.45) is 5.73 Å². The molecule has 5 heteroatoms. The summed E-state index contributed by atoms with van der Waals surface area (Å²) in [6, 6.07) is 2.08. The fourth-order valence-electron chi connectivity index (χ4n) is 1.88. The predicted molar refractivity (Wildman–Crippen MR) is 50.7 cm³/mol. The van der Waals surface area contributed by atoms with Crippen LogP contribution in [0.2, 0.25) is 0 Å². The molecular weight excluding hydrogens is 199 g/mol. The average Bonchev–Trinajstić information content (AvgIpc) is 2.98. The number of carboxylic acids is 1. The van der Waals surface area contributed by atoms with Gasteiger partial charge in [-0.3, -0.25) is 4.79 Å². The smallest absolute Gasteiger partial charge is 0.321 e. The summed E-state index contributed by atoms with van der Waals surface area (Å²) in [7, 11) is 0. The van der Waals surface area contributed by atoms with E-state index in [4.69, 9.17) is 10.8 Å². The lowest BCUT2D eigenvalue weighted by atomic mass is 9.89. The number of hydrogen-bond acceptors (Lipinski definition) is 3. The van der Waals surface area contributed by atoms with Crippen LogP contribution in [0, 0.1) is 5.95 Å². The fourth-order valence-corrected chi connectivity index (χ4v) is 1.88. The van der Waals surface area contributed by atoms with Crippen molar-refractivity contribution in [2.45, 2.75) is 24.3 Å². The Morgan fingerprint density at radius 1 is 1.67 bits per heavy atom. The molecule has 0 aliphatic heterocycles. The number of aromatic nitrogens is 1. The topological polar surface area (TPSA) is 76.2 Å². The molecule has 1 aliphatic rings. The number of halogens is 1. The third-order valence-corrected chi connectivity index (χ3v) is 2.95. The molecule has 80 valence electrons. The van der Waals surface area contributed by atoms with Crippen LogP contribution in [0.4, 0.5) is 4.39 Å².